The monoisotopic (exact) mass is 273 g/mol. The highest BCUT2D eigenvalue weighted by molar-refractivity contribution is 6.30. The summed E-state index contributed by atoms with van der Waals surface area (Å²) in [5.41, 5.74) is 0.180. The predicted molar refractivity (Wildman–Crippen MR) is 73.2 cm³/mol. The van der Waals surface area contributed by atoms with Gasteiger partial charge in [0.1, 0.15) is 5.82 Å². The van der Waals surface area contributed by atoms with E-state index >= 15 is 0 Å². The maximum atomic E-state index is 13.0. The Morgan fingerprint density at radius 2 is 2.11 bits per heavy atom. The lowest BCUT2D eigenvalue weighted by molar-refractivity contribution is 0.0383. The van der Waals surface area contributed by atoms with E-state index in [9.17, 15) is 9.50 Å². The lowest BCUT2D eigenvalue weighted by Crippen LogP contribution is -2.38. The van der Waals surface area contributed by atoms with Crippen molar-refractivity contribution in [3.05, 3.63) is 34.6 Å². The second-order valence-electron chi connectivity index (χ2n) is 5.45. The number of rotatable bonds is 6. The summed E-state index contributed by atoms with van der Waals surface area (Å²) in [6.45, 7) is 7.04. The van der Waals surface area contributed by atoms with Gasteiger partial charge in [-0.2, -0.15) is 0 Å². The molecule has 1 unspecified atom stereocenters. The van der Waals surface area contributed by atoms with Crippen molar-refractivity contribution in [2.24, 2.45) is 5.92 Å². The van der Waals surface area contributed by atoms with Crippen molar-refractivity contribution in [2.45, 2.75) is 39.3 Å². The van der Waals surface area contributed by atoms with Gasteiger partial charge in [-0.1, -0.05) is 31.5 Å². The maximum absolute atomic E-state index is 13.0. The Kier molecular flexibility index (Phi) is 5.57. The van der Waals surface area contributed by atoms with Crippen LogP contribution in [0.3, 0.4) is 0 Å². The van der Waals surface area contributed by atoms with Crippen molar-refractivity contribution in [3.8, 4) is 0 Å². The van der Waals surface area contributed by atoms with Gasteiger partial charge in [0.25, 0.3) is 0 Å². The van der Waals surface area contributed by atoms with E-state index in [0.29, 0.717) is 19.0 Å². The third kappa shape index (κ3) is 5.34. The molecule has 2 N–H and O–H groups in total. The molecule has 4 heteroatoms. The Morgan fingerprint density at radius 1 is 1.44 bits per heavy atom. The summed E-state index contributed by atoms with van der Waals surface area (Å²) >= 11 is 5.70. The smallest absolute Gasteiger partial charge is 0.141 e. The quantitative estimate of drug-likeness (QED) is 0.833. The summed E-state index contributed by atoms with van der Waals surface area (Å²) in [6.07, 6.45) is 0.740. The van der Waals surface area contributed by atoms with Crippen molar-refractivity contribution >= 4 is 11.6 Å². The molecule has 0 amide bonds. The summed E-state index contributed by atoms with van der Waals surface area (Å²) in [6, 6.07) is 4.64. The van der Waals surface area contributed by atoms with Crippen LogP contribution in [0.2, 0.25) is 5.02 Å². The van der Waals surface area contributed by atoms with E-state index < -0.39 is 11.4 Å². The first-order valence-corrected chi connectivity index (χ1v) is 6.55. The Morgan fingerprint density at radius 3 is 2.67 bits per heavy atom. The Bertz CT molecular complexity index is 393. The molecular formula is C14H21ClFNO. The molecule has 0 aliphatic carbocycles. The topological polar surface area (TPSA) is 32.3 Å². The molecule has 0 aromatic heterocycles. The number of hydrogen-bond donors (Lipinski definition) is 2. The van der Waals surface area contributed by atoms with Gasteiger partial charge < -0.3 is 10.4 Å². The summed E-state index contributed by atoms with van der Waals surface area (Å²) in [5, 5.41) is 13.4. The van der Waals surface area contributed by atoms with Crippen molar-refractivity contribution < 1.29 is 9.50 Å². The van der Waals surface area contributed by atoms with Crippen LogP contribution in [-0.2, 0) is 6.54 Å². The van der Waals surface area contributed by atoms with Gasteiger partial charge >= 0.3 is 0 Å². The van der Waals surface area contributed by atoms with Gasteiger partial charge in [0.05, 0.1) is 10.6 Å². The van der Waals surface area contributed by atoms with E-state index in [4.69, 9.17) is 11.6 Å². The van der Waals surface area contributed by atoms with E-state index in [0.717, 1.165) is 12.0 Å². The lowest BCUT2D eigenvalue weighted by atomic mass is 9.94. The largest absolute Gasteiger partial charge is 0.389 e. The number of aliphatic hydroxyl groups is 1. The van der Waals surface area contributed by atoms with E-state index in [2.05, 4.69) is 19.2 Å². The zero-order chi connectivity index (χ0) is 13.8. The first-order chi connectivity index (χ1) is 8.30. The molecule has 1 aromatic rings. The van der Waals surface area contributed by atoms with Gasteiger partial charge in [-0.05, 0) is 37.0 Å². The lowest BCUT2D eigenvalue weighted by Gasteiger charge is -2.25. The van der Waals surface area contributed by atoms with Gasteiger partial charge in [-0.25, -0.2) is 4.39 Å². The highest BCUT2D eigenvalue weighted by Gasteiger charge is 2.20. The maximum Gasteiger partial charge on any atom is 0.141 e. The van der Waals surface area contributed by atoms with Gasteiger partial charge in [0.15, 0.2) is 0 Å². The first kappa shape index (κ1) is 15.4. The number of halogens is 2. The molecule has 1 aromatic carbocycles. The van der Waals surface area contributed by atoms with Crippen LogP contribution in [0.25, 0.3) is 0 Å². The van der Waals surface area contributed by atoms with Crippen LogP contribution in [0.15, 0.2) is 18.2 Å². The van der Waals surface area contributed by atoms with Crippen LogP contribution in [0.5, 0.6) is 0 Å². The summed E-state index contributed by atoms with van der Waals surface area (Å²) in [4.78, 5) is 0. The van der Waals surface area contributed by atoms with Crippen molar-refractivity contribution in [2.75, 3.05) is 6.54 Å². The molecule has 0 radical (unpaired) electrons. The SMILES string of the molecule is CC(C)CC(C)(O)CNCc1ccc(F)c(Cl)c1. The van der Waals surface area contributed by atoms with Crippen molar-refractivity contribution in [1.82, 2.24) is 5.32 Å². The third-order valence-corrected chi connectivity index (χ3v) is 2.96. The molecule has 0 aliphatic heterocycles. The molecule has 18 heavy (non-hydrogen) atoms. The van der Waals surface area contributed by atoms with Crippen molar-refractivity contribution in [3.63, 3.8) is 0 Å². The van der Waals surface area contributed by atoms with E-state index in [1.165, 1.54) is 6.07 Å². The average Bonchev–Trinajstić information content (AvgIpc) is 2.21. The highest BCUT2D eigenvalue weighted by atomic mass is 35.5. The van der Waals surface area contributed by atoms with Crippen LogP contribution in [0.4, 0.5) is 4.39 Å². The minimum Gasteiger partial charge on any atom is -0.389 e. The van der Waals surface area contributed by atoms with Crippen LogP contribution >= 0.6 is 11.6 Å². The van der Waals surface area contributed by atoms with Gasteiger partial charge in [0.2, 0.25) is 0 Å². The number of hydrogen-bond acceptors (Lipinski definition) is 2. The zero-order valence-electron chi connectivity index (χ0n) is 11.1. The van der Waals surface area contributed by atoms with Crippen LogP contribution in [0, 0.1) is 11.7 Å². The Hall–Kier alpha value is -0.640. The molecule has 0 saturated carbocycles. The molecule has 1 rings (SSSR count). The fourth-order valence-corrected chi connectivity index (χ4v) is 2.28. The average molecular weight is 274 g/mol. The molecule has 102 valence electrons. The minimum atomic E-state index is -0.724. The van der Waals surface area contributed by atoms with Gasteiger partial charge in [0, 0.05) is 13.1 Å². The van der Waals surface area contributed by atoms with E-state index in [-0.39, 0.29) is 5.02 Å². The van der Waals surface area contributed by atoms with E-state index in [1.54, 1.807) is 12.1 Å². The molecular weight excluding hydrogens is 253 g/mol. The van der Waals surface area contributed by atoms with Gasteiger partial charge in [-0.15, -0.1) is 0 Å². The normalized spacial score (nSPS) is 14.8. The fraction of sp³-hybridized carbons (Fsp3) is 0.571. The molecule has 0 fully saturated rings. The molecule has 0 saturated heterocycles. The third-order valence-electron chi connectivity index (χ3n) is 2.67. The standard InChI is InChI=1S/C14H21ClFNO/c1-10(2)7-14(3,18)9-17-8-11-4-5-13(16)12(15)6-11/h4-6,10,17-18H,7-9H2,1-3H3. The first-order valence-electron chi connectivity index (χ1n) is 6.17. The van der Waals surface area contributed by atoms with Crippen LogP contribution in [0.1, 0.15) is 32.8 Å². The summed E-state index contributed by atoms with van der Waals surface area (Å²) < 4.78 is 13.0. The predicted octanol–water partition coefficient (Wildman–Crippen LogP) is 3.37. The molecule has 0 aliphatic rings. The van der Waals surface area contributed by atoms with Crippen LogP contribution < -0.4 is 5.32 Å². The van der Waals surface area contributed by atoms with E-state index in [1.807, 2.05) is 6.92 Å². The molecule has 0 bridgehead atoms. The Balaban J connectivity index is 2.43. The summed E-state index contributed by atoms with van der Waals surface area (Å²) in [5.74, 6) is 0.0364. The number of nitrogens with one attached hydrogen (secondary N) is 1. The fourth-order valence-electron chi connectivity index (χ4n) is 2.08. The molecule has 2 nitrogen and oxygen atoms in total. The second kappa shape index (κ2) is 6.50. The Labute approximate surface area is 113 Å². The highest BCUT2D eigenvalue weighted by Crippen LogP contribution is 2.17. The molecule has 0 spiro atoms. The minimum absolute atomic E-state index is 0.128. The molecule has 0 heterocycles. The zero-order valence-corrected chi connectivity index (χ0v) is 11.9. The summed E-state index contributed by atoms with van der Waals surface area (Å²) in [7, 11) is 0. The molecule has 1 atom stereocenters. The number of benzene rings is 1. The van der Waals surface area contributed by atoms with Gasteiger partial charge in [-0.3, -0.25) is 0 Å². The van der Waals surface area contributed by atoms with Crippen molar-refractivity contribution in [1.29, 1.82) is 0 Å². The second-order valence-corrected chi connectivity index (χ2v) is 5.85. The van der Waals surface area contributed by atoms with Crippen LogP contribution in [-0.4, -0.2) is 17.3 Å².